The summed E-state index contributed by atoms with van der Waals surface area (Å²) >= 11 is 0. The Kier molecular flexibility index (Phi) is 4.41. The van der Waals surface area contributed by atoms with Crippen molar-refractivity contribution in [2.24, 2.45) is 5.92 Å². The van der Waals surface area contributed by atoms with Crippen LogP contribution in [0.25, 0.3) is 22.1 Å². The van der Waals surface area contributed by atoms with Crippen molar-refractivity contribution in [3.05, 3.63) is 24.3 Å². The van der Waals surface area contributed by atoms with Crippen LogP contribution in [0.3, 0.4) is 0 Å². The summed E-state index contributed by atoms with van der Waals surface area (Å²) in [6, 6.07) is 0.809. The van der Waals surface area contributed by atoms with Gasteiger partial charge in [-0.25, -0.2) is 23.1 Å². The fourth-order valence-corrected chi connectivity index (χ4v) is 6.38. The van der Waals surface area contributed by atoms with Crippen molar-refractivity contribution in [2.75, 3.05) is 0 Å². The number of aromatic nitrogens is 4. The second-order valence-corrected chi connectivity index (χ2v) is 10.3. The van der Waals surface area contributed by atoms with Crippen molar-refractivity contribution >= 4 is 32.1 Å². The zero-order valence-electron chi connectivity index (χ0n) is 16.3. The second kappa shape index (κ2) is 6.68. The monoisotopic (exact) mass is 441 g/mol. The summed E-state index contributed by atoms with van der Waals surface area (Å²) < 4.78 is 70.7. The number of fused-ring (bicyclic) bond motifs is 3. The Morgan fingerprint density at radius 2 is 2.07 bits per heavy atom. The van der Waals surface area contributed by atoms with E-state index in [9.17, 15) is 21.6 Å². The number of hydrogen-bond donors (Lipinski definition) is 2. The van der Waals surface area contributed by atoms with Gasteiger partial charge in [-0.3, -0.25) is 0 Å². The Labute approximate surface area is 171 Å². The van der Waals surface area contributed by atoms with E-state index in [1.807, 2.05) is 6.92 Å². The quantitative estimate of drug-likeness (QED) is 0.631. The van der Waals surface area contributed by atoms with Crippen molar-refractivity contribution in [1.29, 1.82) is 0 Å². The number of imidazole rings is 1. The van der Waals surface area contributed by atoms with E-state index < -0.39 is 28.1 Å². The van der Waals surface area contributed by atoms with Gasteiger partial charge in [0.2, 0.25) is 15.8 Å². The molecule has 3 aromatic rings. The zero-order chi connectivity index (χ0) is 21.3. The average molecular weight is 441 g/mol. The number of alkyl halides is 3. The van der Waals surface area contributed by atoms with E-state index in [0.717, 1.165) is 0 Å². The lowest BCUT2D eigenvalue weighted by molar-refractivity contribution is -0.147. The maximum Gasteiger partial charge on any atom is 0.449 e. The molecule has 2 fully saturated rings. The first-order valence-electron chi connectivity index (χ1n) is 10.1. The van der Waals surface area contributed by atoms with Crippen molar-refractivity contribution < 1.29 is 21.6 Å². The Morgan fingerprint density at radius 3 is 2.73 bits per heavy atom. The number of rotatable bonds is 5. The van der Waals surface area contributed by atoms with Crippen LogP contribution in [0.2, 0.25) is 0 Å². The molecule has 1 unspecified atom stereocenters. The molecule has 0 saturated heterocycles. The highest BCUT2D eigenvalue weighted by Crippen LogP contribution is 2.45. The molecular formula is C19H22F3N5O2S. The van der Waals surface area contributed by atoms with Crippen LogP contribution < -0.4 is 4.72 Å². The lowest BCUT2D eigenvalue weighted by Crippen LogP contribution is -2.35. The minimum absolute atomic E-state index is 0.0995. The molecule has 162 valence electrons. The maximum absolute atomic E-state index is 14.0. The molecule has 0 amide bonds. The number of pyridine rings is 1. The number of aromatic amines is 1. The Bertz CT molecular complexity index is 1210. The number of nitrogens with one attached hydrogen (secondary N) is 2. The summed E-state index contributed by atoms with van der Waals surface area (Å²) in [7, 11) is -3.41. The minimum Gasteiger partial charge on any atom is -0.346 e. The van der Waals surface area contributed by atoms with Crippen LogP contribution in [0, 0.1) is 5.92 Å². The molecular weight excluding hydrogens is 419 g/mol. The summed E-state index contributed by atoms with van der Waals surface area (Å²) in [6.45, 7) is 1.93. The number of nitrogens with zero attached hydrogens (tertiary/aromatic N) is 3. The predicted molar refractivity (Wildman–Crippen MR) is 105 cm³/mol. The number of halogens is 3. The largest absolute Gasteiger partial charge is 0.449 e. The third kappa shape index (κ3) is 3.18. The van der Waals surface area contributed by atoms with Gasteiger partial charge in [-0.1, -0.05) is 13.3 Å². The number of sulfonamides is 1. The summed E-state index contributed by atoms with van der Waals surface area (Å²) in [5.41, 5.74) is 1.07. The highest BCUT2D eigenvalue weighted by molar-refractivity contribution is 7.90. The molecule has 0 radical (unpaired) electrons. The number of H-pyrrole nitrogens is 1. The fourth-order valence-electron chi connectivity index (χ4n) is 4.78. The molecule has 5 rings (SSSR count). The molecule has 30 heavy (non-hydrogen) atoms. The van der Waals surface area contributed by atoms with E-state index in [-0.39, 0.29) is 22.7 Å². The van der Waals surface area contributed by atoms with E-state index in [2.05, 4.69) is 19.7 Å². The first kappa shape index (κ1) is 19.8. The minimum atomic E-state index is -4.63. The Balaban J connectivity index is 1.62. The van der Waals surface area contributed by atoms with Crippen LogP contribution in [0.1, 0.15) is 50.9 Å². The van der Waals surface area contributed by atoms with Crippen LogP contribution in [0.4, 0.5) is 13.2 Å². The Morgan fingerprint density at radius 1 is 1.30 bits per heavy atom. The van der Waals surface area contributed by atoms with Gasteiger partial charge in [-0.15, -0.1) is 0 Å². The van der Waals surface area contributed by atoms with Gasteiger partial charge in [-0.05, 0) is 37.7 Å². The molecule has 0 aliphatic heterocycles. The lowest BCUT2D eigenvalue weighted by atomic mass is 10.00. The molecule has 2 aliphatic carbocycles. The van der Waals surface area contributed by atoms with Gasteiger partial charge in [0.05, 0.1) is 17.0 Å². The second-order valence-electron chi connectivity index (χ2n) is 8.30. The summed E-state index contributed by atoms with van der Waals surface area (Å²) in [4.78, 5) is 11.0. The van der Waals surface area contributed by atoms with Crippen molar-refractivity contribution in [3.63, 3.8) is 0 Å². The topological polar surface area (TPSA) is 92.7 Å². The van der Waals surface area contributed by atoms with Crippen LogP contribution in [0.5, 0.6) is 0 Å². The molecule has 0 bridgehead atoms. The van der Waals surface area contributed by atoms with Gasteiger partial charge < -0.3 is 9.55 Å². The maximum atomic E-state index is 14.0. The van der Waals surface area contributed by atoms with Gasteiger partial charge in [0.1, 0.15) is 11.2 Å². The van der Waals surface area contributed by atoms with Gasteiger partial charge in [0.15, 0.2) is 0 Å². The zero-order valence-corrected chi connectivity index (χ0v) is 17.1. The molecule has 0 aromatic carbocycles. The third-order valence-electron chi connectivity index (χ3n) is 6.30. The molecule has 3 aromatic heterocycles. The van der Waals surface area contributed by atoms with E-state index in [0.29, 0.717) is 48.7 Å². The number of hydrogen-bond acceptors (Lipinski definition) is 4. The third-order valence-corrected chi connectivity index (χ3v) is 8.31. The average Bonchev–Trinajstić information content (AvgIpc) is 3.13. The first-order chi connectivity index (χ1) is 14.2. The first-order valence-corrected chi connectivity index (χ1v) is 11.7. The van der Waals surface area contributed by atoms with Crippen LogP contribution >= 0.6 is 0 Å². The van der Waals surface area contributed by atoms with E-state index in [1.54, 1.807) is 12.3 Å². The van der Waals surface area contributed by atoms with Gasteiger partial charge in [0, 0.05) is 23.7 Å². The molecule has 11 heteroatoms. The van der Waals surface area contributed by atoms with Crippen LogP contribution in [-0.4, -0.2) is 39.2 Å². The molecule has 2 N–H and O–H groups in total. The van der Waals surface area contributed by atoms with Gasteiger partial charge in [0.25, 0.3) is 0 Å². The molecule has 3 atom stereocenters. The van der Waals surface area contributed by atoms with E-state index in [4.69, 9.17) is 0 Å². The molecule has 0 spiro atoms. The van der Waals surface area contributed by atoms with E-state index >= 15 is 0 Å². The highest BCUT2D eigenvalue weighted by Gasteiger charge is 2.45. The van der Waals surface area contributed by atoms with Gasteiger partial charge in [-0.2, -0.15) is 13.2 Å². The summed E-state index contributed by atoms with van der Waals surface area (Å²) in [5, 5.41) is 0.217. The van der Waals surface area contributed by atoms with Crippen molar-refractivity contribution in [2.45, 2.75) is 62.5 Å². The van der Waals surface area contributed by atoms with Crippen LogP contribution in [0.15, 0.2) is 18.5 Å². The fraction of sp³-hybridized carbons (Fsp3) is 0.579. The summed E-state index contributed by atoms with van der Waals surface area (Å²) in [5.74, 6) is -1.06. The Hall–Kier alpha value is -2.14. The SMILES string of the molecule is CC[C@@H]1CC(NS(=O)(=O)C2CC2)C[C@@H]1n1c(C(F)(F)F)nc2cnc3[nH]ccc3c21. The normalized spacial score (nSPS) is 25.5. The highest BCUT2D eigenvalue weighted by atomic mass is 32.2. The van der Waals surface area contributed by atoms with Crippen molar-refractivity contribution in [3.8, 4) is 0 Å². The molecule has 2 saturated carbocycles. The standard InChI is InChI=1S/C19H22F3N5O2S/c1-2-10-7-11(26-30(28,29)12-3-4-12)8-15(10)27-16-13-5-6-23-17(13)24-9-14(16)25-18(27)19(20,21)22/h5-6,9-12,15,26H,2-4,7-8H2,1H3,(H,23,24)/t10-,11?,15+/m1/s1. The van der Waals surface area contributed by atoms with Crippen molar-refractivity contribution in [1.82, 2.24) is 24.2 Å². The van der Waals surface area contributed by atoms with E-state index in [1.165, 1.54) is 10.8 Å². The lowest BCUT2D eigenvalue weighted by Gasteiger charge is -2.23. The van der Waals surface area contributed by atoms with Crippen LogP contribution in [-0.2, 0) is 16.2 Å². The molecule has 7 nitrogen and oxygen atoms in total. The smallest absolute Gasteiger partial charge is 0.346 e. The van der Waals surface area contributed by atoms with Gasteiger partial charge >= 0.3 is 6.18 Å². The molecule has 2 aliphatic rings. The summed E-state index contributed by atoms with van der Waals surface area (Å²) in [6.07, 6.45) is 1.09. The predicted octanol–water partition coefficient (Wildman–Crippen LogP) is 3.74. The molecule has 3 heterocycles.